The number of para-hydroxylation sites is 2. The van der Waals surface area contributed by atoms with Gasteiger partial charge in [0.1, 0.15) is 5.52 Å². The summed E-state index contributed by atoms with van der Waals surface area (Å²) >= 11 is 6.03. The molecule has 1 N–H and O–H groups in total. The maximum atomic E-state index is 12.3. The first-order valence-corrected chi connectivity index (χ1v) is 9.22. The average Bonchev–Trinajstić information content (AvgIpc) is 3.16. The van der Waals surface area contributed by atoms with Gasteiger partial charge < -0.3 is 19.2 Å². The highest BCUT2D eigenvalue weighted by molar-refractivity contribution is 6.30. The largest absolute Gasteiger partial charge is 0.493 e. The molecular formula is C22H17ClN2O4. The lowest BCUT2D eigenvalue weighted by atomic mass is 10.2. The van der Waals surface area contributed by atoms with Crippen LogP contribution < -0.4 is 14.8 Å². The minimum Gasteiger partial charge on any atom is -0.493 e. The molecule has 0 atom stereocenters. The van der Waals surface area contributed by atoms with Gasteiger partial charge in [-0.15, -0.1) is 0 Å². The van der Waals surface area contributed by atoms with E-state index in [4.69, 9.17) is 25.5 Å². The number of rotatable bonds is 6. The maximum Gasteiger partial charge on any atom is 0.262 e. The van der Waals surface area contributed by atoms with E-state index in [1.807, 2.05) is 24.3 Å². The molecule has 1 heterocycles. The number of nitrogens with zero attached hydrogens (tertiary/aromatic N) is 1. The summed E-state index contributed by atoms with van der Waals surface area (Å²) in [6, 6.07) is 19.7. The Labute approximate surface area is 172 Å². The molecule has 146 valence electrons. The van der Waals surface area contributed by atoms with Gasteiger partial charge in [-0.1, -0.05) is 29.8 Å². The number of oxazole rings is 1. The number of carbonyl (C=O) groups is 1. The Morgan fingerprint density at radius 1 is 1.07 bits per heavy atom. The fourth-order valence-corrected chi connectivity index (χ4v) is 3.02. The minimum absolute atomic E-state index is 0.148. The van der Waals surface area contributed by atoms with Crippen LogP contribution in [0.25, 0.3) is 22.6 Å². The maximum absolute atomic E-state index is 12.3. The second-order valence-electron chi connectivity index (χ2n) is 6.20. The predicted octanol–water partition coefficient (Wildman–Crippen LogP) is 5.17. The van der Waals surface area contributed by atoms with Crippen molar-refractivity contribution in [2.75, 3.05) is 19.0 Å². The van der Waals surface area contributed by atoms with E-state index in [0.717, 1.165) is 5.56 Å². The summed E-state index contributed by atoms with van der Waals surface area (Å²) < 4.78 is 16.5. The SMILES string of the molecule is COc1ccccc1OCC(=O)Nc1ccc2oc(-c3cccc(Cl)c3)nc2c1. The normalized spacial score (nSPS) is 10.7. The molecule has 0 unspecified atom stereocenters. The van der Waals surface area contributed by atoms with Gasteiger partial charge in [0.25, 0.3) is 5.91 Å². The summed E-state index contributed by atoms with van der Waals surface area (Å²) in [5, 5.41) is 3.40. The van der Waals surface area contributed by atoms with Crippen molar-refractivity contribution in [3.05, 3.63) is 71.8 Å². The molecule has 0 spiro atoms. The third-order valence-electron chi connectivity index (χ3n) is 4.17. The van der Waals surface area contributed by atoms with Crippen molar-refractivity contribution >= 4 is 34.3 Å². The molecule has 0 saturated heterocycles. The molecule has 0 aliphatic heterocycles. The van der Waals surface area contributed by atoms with E-state index in [1.165, 1.54) is 0 Å². The van der Waals surface area contributed by atoms with Gasteiger partial charge in [-0.3, -0.25) is 4.79 Å². The van der Waals surface area contributed by atoms with E-state index in [-0.39, 0.29) is 12.5 Å². The summed E-state index contributed by atoms with van der Waals surface area (Å²) in [5.74, 6) is 1.24. The van der Waals surface area contributed by atoms with Gasteiger partial charge in [0, 0.05) is 16.3 Å². The number of amides is 1. The molecule has 0 aliphatic carbocycles. The smallest absolute Gasteiger partial charge is 0.262 e. The molecule has 4 aromatic rings. The Balaban J connectivity index is 1.46. The van der Waals surface area contributed by atoms with E-state index in [1.54, 1.807) is 49.6 Å². The minimum atomic E-state index is -0.297. The van der Waals surface area contributed by atoms with Crippen molar-refractivity contribution in [2.45, 2.75) is 0 Å². The number of methoxy groups -OCH3 is 1. The van der Waals surface area contributed by atoms with Crippen LogP contribution in [0.5, 0.6) is 11.5 Å². The zero-order chi connectivity index (χ0) is 20.2. The quantitative estimate of drug-likeness (QED) is 0.476. The van der Waals surface area contributed by atoms with Crippen molar-refractivity contribution < 1.29 is 18.7 Å². The average molecular weight is 409 g/mol. The number of aromatic nitrogens is 1. The van der Waals surface area contributed by atoms with E-state index in [2.05, 4.69) is 10.3 Å². The van der Waals surface area contributed by atoms with Crippen molar-refractivity contribution in [1.82, 2.24) is 4.98 Å². The van der Waals surface area contributed by atoms with Crippen LogP contribution in [0.4, 0.5) is 5.69 Å². The van der Waals surface area contributed by atoms with Crippen LogP contribution in [-0.4, -0.2) is 24.6 Å². The van der Waals surface area contributed by atoms with Crippen LogP contribution in [0.3, 0.4) is 0 Å². The van der Waals surface area contributed by atoms with Gasteiger partial charge >= 0.3 is 0 Å². The molecule has 7 heteroatoms. The van der Waals surface area contributed by atoms with Gasteiger partial charge in [0.15, 0.2) is 23.7 Å². The molecule has 0 radical (unpaired) electrons. The van der Waals surface area contributed by atoms with Crippen LogP contribution >= 0.6 is 11.6 Å². The fourth-order valence-electron chi connectivity index (χ4n) is 2.83. The van der Waals surface area contributed by atoms with E-state index in [0.29, 0.717) is 39.2 Å². The third-order valence-corrected chi connectivity index (χ3v) is 4.41. The zero-order valence-electron chi connectivity index (χ0n) is 15.5. The summed E-state index contributed by atoms with van der Waals surface area (Å²) in [7, 11) is 1.55. The van der Waals surface area contributed by atoms with Gasteiger partial charge in [-0.05, 0) is 48.5 Å². The van der Waals surface area contributed by atoms with Gasteiger partial charge in [0.2, 0.25) is 5.89 Å². The van der Waals surface area contributed by atoms with E-state index >= 15 is 0 Å². The number of hydrogen-bond donors (Lipinski definition) is 1. The van der Waals surface area contributed by atoms with Gasteiger partial charge in [-0.2, -0.15) is 0 Å². The summed E-state index contributed by atoms with van der Waals surface area (Å²) in [6.07, 6.45) is 0. The lowest BCUT2D eigenvalue weighted by Crippen LogP contribution is -2.20. The Morgan fingerprint density at radius 2 is 1.90 bits per heavy atom. The number of benzene rings is 3. The summed E-state index contributed by atoms with van der Waals surface area (Å²) in [4.78, 5) is 16.7. The first kappa shape index (κ1) is 18.8. The van der Waals surface area contributed by atoms with Crippen LogP contribution in [0.2, 0.25) is 5.02 Å². The second kappa shape index (κ2) is 8.24. The second-order valence-corrected chi connectivity index (χ2v) is 6.64. The molecular weight excluding hydrogens is 392 g/mol. The van der Waals surface area contributed by atoms with Crippen LogP contribution in [-0.2, 0) is 4.79 Å². The zero-order valence-corrected chi connectivity index (χ0v) is 16.3. The van der Waals surface area contributed by atoms with Gasteiger partial charge in [0.05, 0.1) is 7.11 Å². The molecule has 6 nitrogen and oxygen atoms in total. The highest BCUT2D eigenvalue weighted by Gasteiger charge is 2.11. The number of fused-ring (bicyclic) bond motifs is 1. The molecule has 0 aliphatic rings. The summed E-state index contributed by atoms with van der Waals surface area (Å²) in [5.41, 5.74) is 2.62. The third kappa shape index (κ3) is 4.33. The first-order chi connectivity index (χ1) is 14.1. The lowest BCUT2D eigenvalue weighted by Gasteiger charge is -2.10. The first-order valence-electron chi connectivity index (χ1n) is 8.84. The number of halogens is 1. The highest BCUT2D eigenvalue weighted by atomic mass is 35.5. The highest BCUT2D eigenvalue weighted by Crippen LogP contribution is 2.28. The molecule has 4 rings (SSSR count). The number of ether oxygens (including phenoxy) is 2. The number of hydrogen-bond acceptors (Lipinski definition) is 5. The summed E-state index contributed by atoms with van der Waals surface area (Å²) in [6.45, 7) is -0.148. The van der Waals surface area contributed by atoms with Crippen molar-refractivity contribution in [3.63, 3.8) is 0 Å². The molecule has 0 saturated carbocycles. The molecule has 29 heavy (non-hydrogen) atoms. The fraction of sp³-hybridized carbons (Fsp3) is 0.0909. The molecule has 0 bridgehead atoms. The topological polar surface area (TPSA) is 73.6 Å². The Kier molecular flexibility index (Phi) is 5.35. The molecule has 3 aromatic carbocycles. The van der Waals surface area contributed by atoms with Crippen molar-refractivity contribution in [2.24, 2.45) is 0 Å². The van der Waals surface area contributed by atoms with Crippen molar-refractivity contribution in [3.8, 4) is 23.0 Å². The number of carbonyl (C=O) groups excluding carboxylic acids is 1. The molecule has 0 fully saturated rings. The standard InChI is InChI=1S/C22H17ClN2O4/c1-27-19-7-2-3-8-20(19)28-13-21(26)24-16-9-10-18-17(12-16)25-22(29-18)14-5-4-6-15(23)11-14/h2-12H,13H2,1H3,(H,24,26). The van der Waals surface area contributed by atoms with Crippen LogP contribution in [0, 0.1) is 0 Å². The monoisotopic (exact) mass is 408 g/mol. The Morgan fingerprint density at radius 3 is 2.69 bits per heavy atom. The number of nitrogens with one attached hydrogen (secondary N) is 1. The van der Waals surface area contributed by atoms with Crippen LogP contribution in [0.15, 0.2) is 71.1 Å². The van der Waals surface area contributed by atoms with Gasteiger partial charge in [-0.25, -0.2) is 4.98 Å². The van der Waals surface area contributed by atoms with E-state index in [9.17, 15) is 4.79 Å². The lowest BCUT2D eigenvalue weighted by molar-refractivity contribution is -0.118. The van der Waals surface area contributed by atoms with E-state index < -0.39 is 0 Å². The molecule has 1 aromatic heterocycles. The number of anilines is 1. The van der Waals surface area contributed by atoms with Crippen molar-refractivity contribution in [1.29, 1.82) is 0 Å². The Bertz CT molecular complexity index is 1170. The molecule has 1 amide bonds. The van der Waals surface area contributed by atoms with Crippen LogP contribution in [0.1, 0.15) is 0 Å². The predicted molar refractivity (Wildman–Crippen MR) is 112 cm³/mol. The Hall–Kier alpha value is -3.51.